The highest BCUT2D eigenvalue weighted by molar-refractivity contribution is 7.92. The molecule has 1 aliphatic heterocycles. The summed E-state index contributed by atoms with van der Waals surface area (Å²) in [6, 6.07) is 19.7. The van der Waals surface area contributed by atoms with Crippen LogP contribution in [0, 0.1) is 0 Å². The molecule has 1 aliphatic rings. The third kappa shape index (κ3) is 4.80. The summed E-state index contributed by atoms with van der Waals surface area (Å²) >= 11 is 0. The lowest BCUT2D eigenvalue weighted by molar-refractivity contribution is 0.0939. The van der Waals surface area contributed by atoms with Crippen LogP contribution in [0.4, 0.5) is 5.69 Å². The summed E-state index contributed by atoms with van der Waals surface area (Å²) in [5, 5.41) is 2.94. The monoisotopic (exact) mass is 438 g/mol. The number of anilines is 1. The van der Waals surface area contributed by atoms with E-state index in [0.717, 1.165) is 5.56 Å². The SMILES string of the molecule is CC(NC(=O)c1ccc(NS(=O)(=O)c2ccccc2)cc1)c1ccc2c(c1)OCCO2. The first-order chi connectivity index (χ1) is 14.9. The molecule has 0 saturated heterocycles. The predicted octanol–water partition coefficient (Wildman–Crippen LogP) is 3.75. The molecule has 1 amide bonds. The third-order valence-corrected chi connectivity index (χ3v) is 6.26. The predicted molar refractivity (Wildman–Crippen MR) is 117 cm³/mol. The fourth-order valence-corrected chi connectivity index (χ4v) is 4.28. The molecule has 0 aliphatic carbocycles. The van der Waals surface area contributed by atoms with Crippen LogP contribution in [0.5, 0.6) is 11.5 Å². The van der Waals surface area contributed by atoms with Crippen molar-refractivity contribution >= 4 is 21.6 Å². The summed E-state index contributed by atoms with van der Waals surface area (Å²) in [7, 11) is -3.68. The molecular weight excluding hydrogens is 416 g/mol. The van der Waals surface area contributed by atoms with Crippen molar-refractivity contribution in [1.82, 2.24) is 5.32 Å². The van der Waals surface area contributed by atoms with Gasteiger partial charge in [-0.05, 0) is 61.0 Å². The van der Waals surface area contributed by atoms with Crippen molar-refractivity contribution in [2.75, 3.05) is 17.9 Å². The zero-order chi connectivity index (χ0) is 21.8. The molecule has 1 unspecified atom stereocenters. The molecule has 0 saturated carbocycles. The van der Waals surface area contributed by atoms with Crippen molar-refractivity contribution < 1.29 is 22.7 Å². The Kier molecular flexibility index (Phi) is 5.81. The van der Waals surface area contributed by atoms with Crippen LogP contribution in [0.25, 0.3) is 0 Å². The second-order valence-electron chi connectivity index (χ2n) is 7.09. The number of fused-ring (bicyclic) bond motifs is 1. The van der Waals surface area contributed by atoms with Gasteiger partial charge in [-0.15, -0.1) is 0 Å². The molecule has 1 atom stereocenters. The Labute approximate surface area is 181 Å². The van der Waals surface area contributed by atoms with Gasteiger partial charge in [-0.25, -0.2) is 8.42 Å². The number of amides is 1. The Morgan fingerprint density at radius 2 is 1.58 bits per heavy atom. The lowest BCUT2D eigenvalue weighted by Gasteiger charge is -2.21. The van der Waals surface area contributed by atoms with E-state index in [-0.39, 0.29) is 16.8 Å². The maximum atomic E-state index is 12.6. The Hall–Kier alpha value is -3.52. The van der Waals surface area contributed by atoms with E-state index < -0.39 is 10.0 Å². The van der Waals surface area contributed by atoms with Crippen molar-refractivity contribution in [3.63, 3.8) is 0 Å². The fourth-order valence-electron chi connectivity index (χ4n) is 3.20. The molecule has 0 radical (unpaired) electrons. The first-order valence-corrected chi connectivity index (χ1v) is 11.3. The van der Waals surface area contributed by atoms with Crippen LogP contribution in [-0.2, 0) is 10.0 Å². The van der Waals surface area contributed by atoms with Crippen molar-refractivity contribution in [1.29, 1.82) is 0 Å². The average Bonchev–Trinajstić information content (AvgIpc) is 2.79. The number of carbonyl (C=O) groups excluding carboxylic acids is 1. The molecule has 0 spiro atoms. The summed E-state index contributed by atoms with van der Waals surface area (Å²) < 4.78 is 38.5. The minimum Gasteiger partial charge on any atom is -0.486 e. The Morgan fingerprint density at radius 3 is 2.29 bits per heavy atom. The number of rotatable bonds is 6. The third-order valence-electron chi connectivity index (χ3n) is 4.87. The molecule has 3 aromatic rings. The van der Waals surface area contributed by atoms with Crippen LogP contribution in [0.15, 0.2) is 77.7 Å². The Bertz CT molecular complexity index is 1180. The number of benzene rings is 3. The lowest BCUT2D eigenvalue weighted by Crippen LogP contribution is -2.26. The number of ether oxygens (including phenoxy) is 2. The van der Waals surface area contributed by atoms with Gasteiger partial charge in [0.25, 0.3) is 15.9 Å². The summed E-state index contributed by atoms with van der Waals surface area (Å²) in [5.41, 5.74) is 1.69. The Morgan fingerprint density at radius 1 is 0.903 bits per heavy atom. The van der Waals surface area contributed by atoms with Crippen molar-refractivity contribution in [2.24, 2.45) is 0 Å². The summed E-state index contributed by atoms with van der Waals surface area (Å²) in [6.07, 6.45) is 0. The van der Waals surface area contributed by atoms with Crippen molar-refractivity contribution in [3.8, 4) is 11.5 Å². The van der Waals surface area contributed by atoms with Gasteiger partial charge in [-0.1, -0.05) is 24.3 Å². The number of carbonyl (C=O) groups is 1. The van der Waals surface area contributed by atoms with E-state index in [2.05, 4.69) is 10.0 Å². The van der Waals surface area contributed by atoms with Gasteiger partial charge in [-0.2, -0.15) is 0 Å². The fraction of sp³-hybridized carbons (Fsp3) is 0.174. The number of hydrogen-bond donors (Lipinski definition) is 2. The highest BCUT2D eigenvalue weighted by atomic mass is 32.2. The number of sulfonamides is 1. The maximum absolute atomic E-state index is 12.6. The minimum atomic E-state index is -3.68. The molecule has 2 N–H and O–H groups in total. The van der Waals surface area contributed by atoms with Gasteiger partial charge in [0, 0.05) is 11.3 Å². The minimum absolute atomic E-state index is 0.171. The smallest absolute Gasteiger partial charge is 0.261 e. The number of hydrogen-bond acceptors (Lipinski definition) is 5. The molecule has 1 heterocycles. The molecule has 0 aromatic heterocycles. The second-order valence-corrected chi connectivity index (χ2v) is 8.78. The standard InChI is InChI=1S/C23H22N2O5S/c1-16(18-9-12-21-22(15-18)30-14-13-29-21)24-23(26)17-7-10-19(11-8-17)25-31(27,28)20-5-3-2-4-6-20/h2-12,15-16,25H,13-14H2,1H3,(H,24,26). The zero-order valence-electron chi connectivity index (χ0n) is 16.9. The van der Waals surface area contributed by atoms with Crippen LogP contribution in [0.2, 0.25) is 0 Å². The van der Waals surface area contributed by atoms with Gasteiger partial charge < -0.3 is 14.8 Å². The highest BCUT2D eigenvalue weighted by Crippen LogP contribution is 2.32. The van der Waals surface area contributed by atoms with Gasteiger partial charge in [-0.3, -0.25) is 9.52 Å². The van der Waals surface area contributed by atoms with Crippen LogP contribution in [0.1, 0.15) is 28.9 Å². The van der Waals surface area contributed by atoms with E-state index in [1.165, 1.54) is 12.1 Å². The van der Waals surface area contributed by atoms with Crippen LogP contribution in [0.3, 0.4) is 0 Å². The van der Waals surface area contributed by atoms with Gasteiger partial charge in [0.1, 0.15) is 13.2 Å². The zero-order valence-corrected chi connectivity index (χ0v) is 17.7. The average molecular weight is 439 g/mol. The maximum Gasteiger partial charge on any atom is 0.261 e. The van der Waals surface area contributed by atoms with Crippen molar-refractivity contribution in [2.45, 2.75) is 17.9 Å². The first kappa shape index (κ1) is 20.7. The largest absolute Gasteiger partial charge is 0.486 e. The van der Waals surface area contributed by atoms with E-state index in [9.17, 15) is 13.2 Å². The summed E-state index contributed by atoms with van der Waals surface area (Å²) in [4.78, 5) is 12.8. The van der Waals surface area contributed by atoms with Gasteiger partial charge in [0.05, 0.1) is 10.9 Å². The molecule has 7 nitrogen and oxygen atoms in total. The molecule has 31 heavy (non-hydrogen) atoms. The first-order valence-electron chi connectivity index (χ1n) is 9.81. The molecule has 160 valence electrons. The normalized spacial score (nSPS) is 13.8. The second kappa shape index (κ2) is 8.69. The van der Waals surface area contributed by atoms with Gasteiger partial charge in [0.2, 0.25) is 0 Å². The van der Waals surface area contributed by atoms with E-state index in [0.29, 0.717) is 36.0 Å². The summed E-state index contributed by atoms with van der Waals surface area (Å²) in [6.45, 7) is 2.90. The van der Waals surface area contributed by atoms with Gasteiger partial charge >= 0.3 is 0 Å². The van der Waals surface area contributed by atoms with Crippen LogP contribution < -0.4 is 19.5 Å². The topological polar surface area (TPSA) is 93.7 Å². The number of nitrogens with one attached hydrogen (secondary N) is 2. The van der Waals surface area contributed by atoms with E-state index >= 15 is 0 Å². The lowest BCUT2D eigenvalue weighted by atomic mass is 10.1. The summed E-state index contributed by atoms with van der Waals surface area (Å²) in [5.74, 6) is 1.10. The van der Waals surface area contributed by atoms with E-state index in [1.807, 2.05) is 25.1 Å². The molecule has 0 fully saturated rings. The molecule has 8 heteroatoms. The van der Waals surface area contributed by atoms with Gasteiger partial charge in [0.15, 0.2) is 11.5 Å². The Balaban J connectivity index is 1.41. The van der Waals surface area contributed by atoms with E-state index in [1.54, 1.807) is 42.5 Å². The highest BCUT2D eigenvalue weighted by Gasteiger charge is 2.17. The van der Waals surface area contributed by atoms with Crippen LogP contribution in [-0.4, -0.2) is 27.5 Å². The van der Waals surface area contributed by atoms with Crippen molar-refractivity contribution in [3.05, 3.63) is 83.9 Å². The molecular formula is C23H22N2O5S. The van der Waals surface area contributed by atoms with E-state index in [4.69, 9.17) is 9.47 Å². The van der Waals surface area contributed by atoms with Crippen LogP contribution >= 0.6 is 0 Å². The molecule has 4 rings (SSSR count). The molecule has 3 aromatic carbocycles. The quantitative estimate of drug-likeness (QED) is 0.611. The molecule has 0 bridgehead atoms.